The number of hydrogen-bond acceptors (Lipinski definition) is 7. The Bertz CT molecular complexity index is 1050. The molecule has 0 unspecified atom stereocenters. The van der Waals surface area contributed by atoms with Gasteiger partial charge in [-0.25, -0.2) is 4.68 Å². The highest BCUT2D eigenvalue weighted by Gasteiger charge is 2.16. The fraction of sp³-hybridized carbons (Fsp3) is 0.318. The summed E-state index contributed by atoms with van der Waals surface area (Å²) >= 11 is 1.25. The maximum Gasteiger partial charge on any atom is 0.233 e. The smallest absolute Gasteiger partial charge is 0.233 e. The molecule has 0 aliphatic heterocycles. The lowest BCUT2D eigenvalue weighted by Crippen LogP contribution is -2.28. The summed E-state index contributed by atoms with van der Waals surface area (Å²) in [6, 6.07) is 13.5. The number of aryl methyl sites for hydroxylation is 2. The molecule has 0 spiro atoms. The molecule has 0 aliphatic carbocycles. The third-order valence-corrected chi connectivity index (χ3v) is 5.73. The van der Waals surface area contributed by atoms with Gasteiger partial charge in [-0.3, -0.25) is 4.79 Å². The first kappa shape index (κ1) is 22.5. The monoisotopic (exact) mass is 441 g/mol. The van der Waals surface area contributed by atoms with Gasteiger partial charge < -0.3 is 20.2 Å². The van der Waals surface area contributed by atoms with Gasteiger partial charge in [0.25, 0.3) is 0 Å². The van der Waals surface area contributed by atoms with Gasteiger partial charge in [0.2, 0.25) is 11.1 Å². The number of amides is 1. The van der Waals surface area contributed by atoms with Gasteiger partial charge in [-0.05, 0) is 37.1 Å². The second-order valence-electron chi connectivity index (χ2n) is 7.20. The molecule has 3 aromatic rings. The summed E-state index contributed by atoms with van der Waals surface area (Å²) in [4.78, 5) is 14.3. The molecular formula is C22H27N5O3S. The molecule has 0 aliphatic rings. The number of rotatable bonds is 9. The van der Waals surface area contributed by atoms with Gasteiger partial charge in [-0.1, -0.05) is 41.6 Å². The topological polar surface area (TPSA) is 95.5 Å². The van der Waals surface area contributed by atoms with Gasteiger partial charge in [0.1, 0.15) is 18.1 Å². The molecule has 8 nitrogen and oxygen atoms in total. The van der Waals surface area contributed by atoms with Crippen molar-refractivity contribution in [2.24, 2.45) is 0 Å². The Morgan fingerprint density at radius 3 is 2.68 bits per heavy atom. The van der Waals surface area contributed by atoms with Crippen LogP contribution in [-0.4, -0.2) is 45.6 Å². The van der Waals surface area contributed by atoms with Crippen LogP contribution >= 0.6 is 11.8 Å². The van der Waals surface area contributed by atoms with Crippen LogP contribution < -0.4 is 15.3 Å². The van der Waals surface area contributed by atoms with Gasteiger partial charge in [0, 0.05) is 19.7 Å². The number of hydrogen-bond donors (Lipinski definition) is 1. The van der Waals surface area contributed by atoms with Crippen LogP contribution in [-0.2, 0) is 17.9 Å². The Morgan fingerprint density at radius 1 is 1.16 bits per heavy atom. The lowest BCUT2D eigenvalue weighted by atomic mass is 10.1. The van der Waals surface area contributed by atoms with Crippen LogP contribution in [0.5, 0.6) is 11.5 Å². The minimum absolute atomic E-state index is 0.0119. The third kappa shape index (κ3) is 5.91. The quantitative estimate of drug-likeness (QED) is 0.403. The summed E-state index contributed by atoms with van der Waals surface area (Å²) in [6.45, 7) is 4.82. The number of carbonyl (C=O) groups excluding carboxylic acids is 1. The zero-order chi connectivity index (χ0) is 22.4. The van der Waals surface area contributed by atoms with E-state index in [9.17, 15) is 4.79 Å². The fourth-order valence-corrected chi connectivity index (χ4v) is 3.76. The summed E-state index contributed by atoms with van der Waals surface area (Å²) in [5.74, 6) is 8.09. The molecule has 0 saturated carbocycles. The molecule has 0 saturated heterocycles. The number of methoxy groups -OCH3 is 1. The Hall–Kier alpha value is -3.20. The van der Waals surface area contributed by atoms with Crippen molar-refractivity contribution in [1.29, 1.82) is 0 Å². The van der Waals surface area contributed by atoms with Crippen molar-refractivity contribution in [2.75, 3.05) is 25.8 Å². The second-order valence-corrected chi connectivity index (χ2v) is 8.15. The first-order valence-electron chi connectivity index (χ1n) is 9.76. The number of thioether (sulfide) groups is 1. The van der Waals surface area contributed by atoms with E-state index in [1.165, 1.54) is 27.6 Å². The van der Waals surface area contributed by atoms with Crippen LogP contribution in [0.15, 0.2) is 47.6 Å². The Morgan fingerprint density at radius 2 is 1.94 bits per heavy atom. The van der Waals surface area contributed by atoms with Crippen molar-refractivity contribution < 1.29 is 14.3 Å². The lowest BCUT2D eigenvalue weighted by molar-refractivity contribution is -0.127. The second kappa shape index (κ2) is 10.2. The van der Waals surface area contributed by atoms with Crippen LogP contribution in [0.4, 0.5) is 0 Å². The van der Waals surface area contributed by atoms with Crippen molar-refractivity contribution in [3.63, 3.8) is 0 Å². The van der Waals surface area contributed by atoms with E-state index in [1.54, 1.807) is 25.1 Å². The molecule has 0 atom stereocenters. The number of carbonyl (C=O) groups is 1. The number of nitrogen functional groups attached to an aromatic ring is 1. The highest BCUT2D eigenvalue weighted by atomic mass is 32.2. The molecule has 0 radical (unpaired) electrons. The first-order valence-corrected chi connectivity index (χ1v) is 10.7. The molecule has 0 fully saturated rings. The molecule has 2 N–H and O–H groups in total. The molecule has 1 amide bonds. The predicted molar refractivity (Wildman–Crippen MR) is 121 cm³/mol. The van der Waals surface area contributed by atoms with E-state index in [-0.39, 0.29) is 18.3 Å². The maximum absolute atomic E-state index is 12.6. The van der Waals surface area contributed by atoms with Crippen molar-refractivity contribution in [2.45, 2.75) is 32.2 Å². The third-order valence-electron chi connectivity index (χ3n) is 4.80. The average molecular weight is 442 g/mol. The maximum atomic E-state index is 12.6. The zero-order valence-electron chi connectivity index (χ0n) is 18.2. The van der Waals surface area contributed by atoms with Gasteiger partial charge in [-0.2, -0.15) is 0 Å². The predicted octanol–water partition coefficient (Wildman–Crippen LogP) is 2.95. The van der Waals surface area contributed by atoms with E-state index in [0.29, 0.717) is 29.0 Å². The normalized spacial score (nSPS) is 10.7. The van der Waals surface area contributed by atoms with Crippen molar-refractivity contribution in [3.05, 3.63) is 65.0 Å². The summed E-state index contributed by atoms with van der Waals surface area (Å²) in [5, 5.41) is 8.60. The standard InChI is InChI=1S/C22H27N5O3S/c1-15-8-9-17(16(2)10-15)12-26(3)21(28)14-31-22-25-24-20(27(22)23)13-30-19-7-5-6-18(11-19)29-4/h5-11H,12-14,23H2,1-4H3. The van der Waals surface area contributed by atoms with Gasteiger partial charge in [-0.15, -0.1) is 10.2 Å². The SMILES string of the molecule is COc1cccc(OCc2nnc(SCC(=O)N(C)Cc3ccc(C)cc3C)n2N)c1. The van der Waals surface area contributed by atoms with Crippen LogP contribution in [0, 0.1) is 13.8 Å². The van der Waals surface area contributed by atoms with E-state index in [1.807, 2.05) is 18.2 Å². The molecular weight excluding hydrogens is 414 g/mol. The Labute approximate surface area is 186 Å². The van der Waals surface area contributed by atoms with E-state index >= 15 is 0 Å². The summed E-state index contributed by atoms with van der Waals surface area (Å²) < 4.78 is 12.2. The van der Waals surface area contributed by atoms with E-state index in [2.05, 4.69) is 42.2 Å². The van der Waals surface area contributed by atoms with E-state index in [0.717, 1.165) is 5.56 Å². The molecule has 31 heavy (non-hydrogen) atoms. The molecule has 0 bridgehead atoms. The molecule has 1 heterocycles. The van der Waals surface area contributed by atoms with Crippen molar-refractivity contribution in [3.8, 4) is 11.5 Å². The van der Waals surface area contributed by atoms with Crippen LogP contribution in [0.2, 0.25) is 0 Å². The average Bonchev–Trinajstić information content (AvgIpc) is 3.11. The zero-order valence-corrected chi connectivity index (χ0v) is 19.0. The van der Waals surface area contributed by atoms with Crippen molar-refractivity contribution >= 4 is 17.7 Å². The van der Waals surface area contributed by atoms with Crippen LogP contribution in [0.3, 0.4) is 0 Å². The largest absolute Gasteiger partial charge is 0.497 e. The Balaban J connectivity index is 1.53. The summed E-state index contributed by atoms with van der Waals surface area (Å²) in [5.41, 5.74) is 3.51. The molecule has 3 rings (SSSR count). The minimum Gasteiger partial charge on any atom is -0.497 e. The Kier molecular flexibility index (Phi) is 7.41. The highest BCUT2D eigenvalue weighted by molar-refractivity contribution is 7.99. The van der Waals surface area contributed by atoms with E-state index < -0.39 is 0 Å². The van der Waals surface area contributed by atoms with Gasteiger partial charge >= 0.3 is 0 Å². The number of nitrogens with zero attached hydrogens (tertiary/aromatic N) is 4. The summed E-state index contributed by atoms with van der Waals surface area (Å²) in [7, 11) is 3.39. The molecule has 9 heteroatoms. The lowest BCUT2D eigenvalue weighted by Gasteiger charge is -2.18. The first-order chi connectivity index (χ1) is 14.9. The van der Waals surface area contributed by atoms with Gasteiger partial charge in [0.15, 0.2) is 5.82 Å². The highest BCUT2D eigenvalue weighted by Crippen LogP contribution is 2.21. The minimum atomic E-state index is -0.0119. The van der Waals surface area contributed by atoms with Gasteiger partial charge in [0.05, 0.1) is 12.9 Å². The summed E-state index contributed by atoms with van der Waals surface area (Å²) in [6.07, 6.45) is 0. The number of nitrogens with two attached hydrogens (primary N) is 1. The number of benzene rings is 2. The van der Waals surface area contributed by atoms with E-state index in [4.69, 9.17) is 15.3 Å². The van der Waals surface area contributed by atoms with Crippen LogP contribution in [0.1, 0.15) is 22.5 Å². The molecule has 164 valence electrons. The number of aromatic nitrogens is 3. The molecule has 2 aromatic carbocycles. The fourth-order valence-electron chi connectivity index (χ4n) is 2.95. The van der Waals surface area contributed by atoms with Crippen molar-refractivity contribution in [1.82, 2.24) is 19.8 Å². The molecule has 1 aromatic heterocycles. The van der Waals surface area contributed by atoms with Crippen LogP contribution in [0.25, 0.3) is 0 Å². The number of ether oxygens (including phenoxy) is 2.